The van der Waals surface area contributed by atoms with E-state index in [1.807, 2.05) is 60.5 Å². The van der Waals surface area contributed by atoms with E-state index in [4.69, 9.17) is 4.42 Å². The van der Waals surface area contributed by atoms with Crippen LogP contribution in [0.1, 0.15) is 35.7 Å². The molecule has 2 amide bonds. The number of anilines is 1. The third-order valence-corrected chi connectivity index (χ3v) is 5.12. The summed E-state index contributed by atoms with van der Waals surface area (Å²) in [6, 6.07) is 13.3. The van der Waals surface area contributed by atoms with Gasteiger partial charge in [-0.05, 0) is 37.3 Å². The number of carbonyl (C=O) groups excluding carboxylic acids is 2. The van der Waals surface area contributed by atoms with Crippen molar-refractivity contribution in [3.05, 3.63) is 78.0 Å². The first-order chi connectivity index (χ1) is 13.6. The minimum absolute atomic E-state index is 0.0299. The topological polar surface area (TPSA) is 67.5 Å². The Hall–Kier alpha value is -3.28. The first-order valence-corrected chi connectivity index (χ1v) is 9.45. The highest BCUT2D eigenvalue weighted by Crippen LogP contribution is 2.33. The number of rotatable bonds is 5. The van der Waals surface area contributed by atoms with E-state index < -0.39 is 0 Å². The van der Waals surface area contributed by atoms with Crippen LogP contribution in [-0.2, 0) is 16.1 Å². The van der Waals surface area contributed by atoms with Gasteiger partial charge < -0.3 is 19.2 Å². The van der Waals surface area contributed by atoms with Gasteiger partial charge in [0, 0.05) is 49.1 Å². The van der Waals surface area contributed by atoms with Gasteiger partial charge in [0.2, 0.25) is 11.8 Å². The van der Waals surface area contributed by atoms with Crippen molar-refractivity contribution in [2.24, 2.45) is 0 Å². The molecule has 4 rings (SSSR count). The molecular formula is C22H23N3O3. The highest BCUT2D eigenvalue weighted by Gasteiger charge is 2.32. The third-order valence-electron chi connectivity index (χ3n) is 5.12. The lowest BCUT2D eigenvalue weighted by Gasteiger charge is -2.36. The van der Waals surface area contributed by atoms with Gasteiger partial charge in [0.15, 0.2) is 0 Å². The van der Waals surface area contributed by atoms with Crippen molar-refractivity contribution in [2.45, 2.75) is 32.4 Å². The second kappa shape index (κ2) is 7.76. The van der Waals surface area contributed by atoms with Crippen molar-refractivity contribution in [1.29, 1.82) is 0 Å². The van der Waals surface area contributed by atoms with Crippen LogP contribution in [0.3, 0.4) is 0 Å². The van der Waals surface area contributed by atoms with Gasteiger partial charge in [-0.3, -0.25) is 9.59 Å². The summed E-state index contributed by atoms with van der Waals surface area (Å²) in [5.74, 6) is -0.185. The highest BCUT2D eigenvalue weighted by atomic mass is 16.3. The Balaban J connectivity index is 1.42. The van der Waals surface area contributed by atoms with E-state index in [-0.39, 0.29) is 30.7 Å². The normalized spacial score (nSPS) is 15.9. The molecule has 0 unspecified atom stereocenters. The SMILES string of the molecule is Cc1ccc(NC(=O)CCC(=O)N2CCn3cccc3[C@H]2c2ccoc2)cc1. The largest absolute Gasteiger partial charge is 0.472 e. The van der Waals surface area contributed by atoms with Gasteiger partial charge >= 0.3 is 0 Å². The fourth-order valence-electron chi connectivity index (χ4n) is 3.66. The molecule has 0 bridgehead atoms. The number of carbonyl (C=O) groups is 2. The molecule has 0 fully saturated rings. The average molecular weight is 377 g/mol. The molecule has 1 N–H and O–H groups in total. The zero-order chi connectivity index (χ0) is 19.5. The number of hydrogen-bond acceptors (Lipinski definition) is 3. The maximum Gasteiger partial charge on any atom is 0.224 e. The quantitative estimate of drug-likeness (QED) is 0.736. The fraction of sp³-hybridized carbons (Fsp3) is 0.273. The van der Waals surface area contributed by atoms with Crippen molar-refractivity contribution in [2.75, 3.05) is 11.9 Å². The molecule has 0 radical (unpaired) electrons. The van der Waals surface area contributed by atoms with Gasteiger partial charge in [-0.2, -0.15) is 0 Å². The number of aryl methyl sites for hydroxylation is 1. The minimum Gasteiger partial charge on any atom is -0.472 e. The summed E-state index contributed by atoms with van der Waals surface area (Å²) in [7, 11) is 0. The number of furan rings is 1. The van der Waals surface area contributed by atoms with Gasteiger partial charge in [-0.15, -0.1) is 0 Å². The number of nitrogens with zero attached hydrogens (tertiary/aromatic N) is 2. The van der Waals surface area contributed by atoms with E-state index in [1.165, 1.54) is 0 Å². The highest BCUT2D eigenvalue weighted by molar-refractivity contribution is 5.93. The molecule has 0 aliphatic carbocycles. The van der Waals surface area contributed by atoms with Gasteiger partial charge in [0.05, 0.1) is 12.5 Å². The maximum absolute atomic E-state index is 12.9. The molecule has 2 aromatic heterocycles. The first-order valence-electron chi connectivity index (χ1n) is 9.45. The smallest absolute Gasteiger partial charge is 0.224 e. The molecule has 1 aliphatic rings. The Labute approximate surface area is 163 Å². The van der Waals surface area contributed by atoms with Crippen molar-refractivity contribution in [3.8, 4) is 0 Å². The number of fused-ring (bicyclic) bond motifs is 1. The Morgan fingerprint density at radius 1 is 1.11 bits per heavy atom. The number of nitrogens with one attached hydrogen (secondary N) is 1. The summed E-state index contributed by atoms with van der Waals surface area (Å²) in [5, 5.41) is 2.85. The molecule has 0 spiro atoms. The number of hydrogen-bond donors (Lipinski definition) is 1. The summed E-state index contributed by atoms with van der Waals surface area (Å²) < 4.78 is 7.41. The van der Waals surface area contributed by atoms with Crippen LogP contribution in [0.15, 0.2) is 65.6 Å². The van der Waals surface area contributed by atoms with Crippen molar-refractivity contribution < 1.29 is 14.0 Å². The van der Waals surface area contributed by atoms with Crippen LogP contribution in [0, 0.1) is 6.92 Å². The van der Waals surface area contributed by atoms with Crippen LogP contribution in [0.2, 0.25) is 0 Å². The van der Waals surface area contributed by atoms with Crippen LogP contribution in [0.25, 0.3) is 0 Å². The molecule has 0 saturated carbocycles. The third kappa shape index (κ3) is 3.71. The van der Waals surface area contributed by atoms with Crippen molar-refractivity contribution in [3.63, 3.8) is 0 Å². The van der Waals surface area contributed by atoms with Crippen LogP contribution < -0.4 is 5.32 Å². The molecular weight excluding hydrogens is 354 g/mol. The lowest BCUT2D eigenvalue weighted by atomic mass is 10.0. The Kier molecular flexibility index (Phi) is 5.02. The van der Waals surface area contributed by atoms with Gasteiger partial charge in [0.1, 0.15) is 6.04 Å². The summed E-state index contributed by atoms with van der Waals surface area (Å²) >= 11 is 0. The van der Waals surface area contributed by atoms with Crippen LogP contribution in [0.5, 0.6) is 0 Å². The molecule has 1 aromatic carbocycles. The summed E-state index contributed by atoms with van der Waals surface area (Å²) in [5.41, 5.74) is 3.88. The van der Waals surface area contributed by atoms with E-state index in [1.54, 1.807) is 12.5 Å². The fourth-order valence-corrected chi connectivity index (χ4v) is 3.66. The van der Waals surface area contributed by atoms with E-state index in [0.29, 0.717) is 6.54 Å². The summed E-state index contributed by atoms with van der Waals surface area (Å²) in [6.45, 7) is 3.35. The molecule has 6 heteroatoms. The molecule has 1 aliphatic heterocycles. The molecule has 144 valence electrons. The average Bonchev–Trinajstić information content (AvgIpc) is 3.38. The lowest BCUT2D eigenvalue weighted by molar-refractivity contribution is -0.135. The number of aromatic nitrogens is 1. The molecule has 1 atom stereocenters. The Morgan fingerprint density at radius 2 is 1.93 bits per heavy atom. The van der Waals surface area contributed by atoms with Crippen LogP contribution in [-0.4, -0.2) is 27.8 Å². The van der Waals surface area contributed by atoms with Crippen LogP contribution >= 0.6 is 0 Å². The second-order valence-corrected chi connectivity index (χ2v) is 7.09. The van der Waals surface area contributed by atoms with Crippen molar-refractivity contribution >= 4 is 17.5 Å². The number of benzene rings is 1. The molecule has 28 heavy (non-hydrogen) atoms. The van der Waals surface area contributed by atoms with E-state index >= 15 is 0 Å². The second-order valence-electron chi connectivity index (χ2n) is 7.09. The molecule has 0 saturated heterocycles. The van der Waals surface area contributed by atoms with Gasteiger partial charge in [-0.25, -0.2) is 0 Å². The first kappa shape index (κ1) is 18.1. The molecule has 3 aromatic rings. The zero-order valence-corrected chi connectivity index (χ0v) is 15.8. The van der Waals surface area contributed by atoms with E-state index in [0.717, 1.165) is 29.1 Å². The monoisotopic (exact) mass is 377 g/mol. The van der Waals surface area contributed by atoms with E-state index in [2.05, 4.69) is 9.88 Å². The minimum atomic E-state index is -0.185. The standard InChI is InChI=1S/C22H23N3O3/c1-16-4-6-18(7-5-16)23-20(26)8-9-21(27)25-13-12-24-11-2-3-19(24)22(25)17-10-14-28-15-17/h2-7,10-11,14-15,22H,8-9,12-13H2,1H3,(H,23,26)/t22-/m1/s1. The maximum atomic E-state index is 12.9. The summed E-state index contributed by atoms with van der Waals surface area (Å²) in [6.07, 6.45) is 5.65. The Bertz CT molecular complexity index is 957. The summed E-state index contributed by atoms with van der Waals surface area (Å²) in [4.78, 5) is 27.0. The molecule has 3 heterocycles. The predicted molar refractivity (Wildman–Crippen MR) is 106 cm³/mol. The predicted octanol–water partition coefficient (Wildman–Crippen LogP) is 3.74. The lowest BCUT2D eigenvalue weighted by Crippen LogP contribution is -2.42. The molecule has 6 nitrogen and oxygen atoms in total. The zero-order valence-electron chi connectivity index (χ0n) is 15.8. The van der Waals surface area contributed by atoms with Crippen LogP contribution in [0.4, 0.5) is 5.69 Å². The van der Waals surface area contributed by atoms with E-state index in [9.17, 15) is 9.59 Å². The van der Waals surface area contributed by atoms with Gasteiger partial charge in [-0.1, -0.05) is 17.7 Å². The Morgan fingerprint density at radius 3 is 2.68 bits per heavy atom. The van der Waals surface area contributed by atoms with Crippen molar-refractivity contribution in [1.82, 2.24) is 9.47 Å². The van der Waals surface area contributed by atoms with Gasteiger partial charge in [0.25, 0.3) is 0 Å². The number of amides is 2.